The fourth-order valence-corrected chi connectivity index (χ4v) is 2.69. The third kappa shape index (κ3) is 3.18. The van der Waals surface area contributed by atoms with Crippen molar-refractivity contribution < 1.29 is 8.60 Å². The van der Waals surface area contributed by atoms with Gasteiger partial charge in [0.2, 0.25) is 0 Å². The molecule has 0 aromatic heterocycles. The minimum atomic E-state index is -1.75. The van der Waals surface area contributed by atoms with Gasteiger partial charge in [-0.2, -0.15) is 4.39 Å². The topological polar surface area (TPSA) is 17.1 Å². The number of halogens is 1. The molecule has 0 aliphatic carbocycles. The van der Waals surface area contributed by atoms with E-state index in [0.717, 1.165) is 11.1 Å². The lowest BCUT2D eigenvalue weighted by atomic mass is 10.1. The highest BCUT2D eigenvalue weighted by Crippen LogP contribution is 2.25. The number of benzene rings is 2. The van der Waals surface area contributed by atoms with Gasteiger partial charge in [0.15, 0.2) is 5.16 Å². The molecule has 0 bridgehead atoms. The Balaban J connectivity index is 2.35. The van der Waals surface area contributed by atoms with Crippen LogP contribution < -0.4 is 0 Å². The Morgan fingerprint density at radius 1 is 1.00 bits per heavy atom. The Morgan fingerprint density at radius 3 is 2.16 bits per heavy atom. The monoisotopic (exact) mass is 274 g/mol. The summed E-state index contributed by atoms with van der Waals surface area (Å²) in [6, 6.07) is 16.2. The van der Waals surface area contributed by atoms with Gasteiger partial charge in [0.25, 0.3) is 0 Å². The molecule has 0 radical (unpaired) electrons. The molecule has 2 aromatic carbocycles. The van der Waals surface area contributed by atoms with Crippen LogP contribution in [0, 0.1) is 6.92 Å². The Morgan fingerprint density at radius 2 is 1.58 bits per heavy atom. The second-order valence-electron chi connectivity index (χ2n) is 4.35. The summed E-state index contributed by atoms with van der Waals surface area (Å²) in [4.78, 5) is 0.485. The molecular weight excluding hydrogens is 259 g/mol. The Hall–Kier alpha value is -1.74. The molecule has 98 valence electrons. The standard InChI is InChI=1S/C16H15FOS/c1-12-8-10-15(11-9-12)19(18)16(17)13(2)14-6-4-3-5-7-14/h3-11H,1-2H3/b16-13+. The zero-order valence-electron chi connectivity index (χ0n) is 10.9. The van der Waals surface area contributed by atoms with Crippen molar-refractivity contribution in [3.8, 4) is 0 Å². The largest absolute Gasteiger partial charge is 0.247 e. The first-order chi connectivity index (χ1) is 9.09. The molecule has 2 rings (SSSR count). The first-order valence-corrected chi connectivity index (χ1v) is 7.15. The lowest BCUT2D eigenvalue weighted by Crippen LogP contribution is -1.95. The van der Waals surface area contributed by atoms with E-state index in [1.54, 1.807) is 31.2 Å². The van der Waals surface area contributed by atoms with Gasteiger partial charge in [-0.15, -0.1) is 0 Å². The molecule has 1 atom stereocenters. The maximum absolute atomic E-state index is 14.2. The van der Waals surface area contributed by atoms with E-state index in [1.807, 2.05) is 37.3 Å². The van der Waals surface area contributed by atoms with E-state index in [9.17, 15) is 8.60 Å². The first-order valence-electron chi connectivity index (χ1n) is 6.00. The number of allylic oxidation sites excluding steroid dienone is 1. The zero-order chi connectivity index (χ0) is 13.8. The van der Waals surface area contributed by atoms with Gasteiger partial charge in [0, 0.05) is 10.5 Å². The first kappa shape index (κ1) is 13.7. The highest BCUT2D eigenvalue weighted by molar-refractivity contribution is 7.89. The van der Waals surface area contributed by atoms with Crippen LogP contribution in [0.2, 0.25) is 0 Å². The molecular formula is C16H15FOS. The minimum Gasteiger partial charge on any atom is -0.247 e. The van der Waals surface area contributed by atoms with Crippen molar-refractivity contribution >= 4 is 16.4 Å². The van der Waals surface area contributed by atoms with Crippen molar-refractivity contribution in [3.63, 3.8) is 0 Å². The molecule has 0 N–H and O–H groups in total. The Labute approximate surface area is 115 Å². The summed E-state index contributed by atoms with van der Waals surface area (Å²) in [7, 11) is -1.75. The third-order valence-electron chi connectivity index (χ3n) is 2.90. The molecule has 0 amide bonds. The fourth-order valence-electron chi connectivity index (χ4n) is 1.71. The number of hydrogen-bond donors (Lipinski definition) is 0. The van der Waals surface area contributed by atoms with Gasteiger partial charge in [-0.1, -0.05) is 48.0 Å². The summed E-state index contributed by atoms with van der Waals surface area (Å²) in [5.41, 5.74) is 2.23. The van der Waals surface area contributed by atoms with E-state index in [0.29, 0.717) is 10.5 Å². The van der Waals surface area contributed by atoms with Gasteiger partial charge in [0.1, 0.15) is 10.8 Å². The van der Waals surface area contributed by atoms with E-state index < -0.39 is 16.0 Å². The van der Waals surface area contributed by atoms with E-state index in [1.165, 1.54) is 0 Å². The van der Waals surface area contributed by atoms with Gasteiger partial charge < -0.3 is 0 Å². The van der Waals surface area contributed by atoms with E-state index in [2.05, 4.69) is 0 Å². The van der Waals surface area contributed by atoms with Crippen LogP contribution in [-0.2, 0) is 10.8 Å². The molecule has 0 aliphatic heterocycles. The van der Waals surface area contributed by atoms with Crippen LogP contribution in [0.5, 0.6) is 0 Å². The molecule has 19 heavy (non-hydrogen) atoms. The van der Waals surface area contributed by atoms with Gasteiger partial charge in [0.05, 0.1) is 0 Å². The highest BCUT2D eigenvalue weighted by atomic mass is 32.2. The van der Waals surface area contributed by atoms with Crippen LogP contribution in [0.3, 0.4) is 0 Å². The smallest absolute Gasteiger partial charge is 0.195 e. The molecule has 0 spiro atoms. The number of hydrogen-bond acceptors (Lipinski definition) is 1. The van der Waals surface area contributed by atoms with Crippen molar-refractivity contribution in [1.29, 1.82) is 0 Å². The average molecular weight is 274 g/mol. The third-order valence-corrected chi connectivity index (χ3v) is 4.23. The van der Waals surface area contributed by atoms with Crippen LogP contribution >= 0.6 is 0 Å². The molecule has 1 unspecified atom stereocenters. The lowest BCUT2D eigenvalue weighted by molar-refractivity contribution is 0.651. The zero-order valence-corrected chi connectivity index (χ0v) is 11.7. The maximum Gasteiger partial charge on any atom is 0.195 e. The van der Waals surface area contributed by atoms with Crippen LogP contribution in [0.15, 0.2) is 64.7 Å². The van der Waals surface area contributed by atoms with Gasteiger partial charge in [-0.05, 0) is 31.5 Å². The van der Waals surface area contributed by atoms with Crippen LogP contribution in [0.25, 0.3) is 5.57 Å². The number of aryl methyl sites for hydroxylation is 1. The SMILES string of the molecule is C/C(=C(/F)S(=O)c1ccc(C)cc1)c1ccccc1. The molecule has 0 saturated heterocycles. The van der Waals surface area contributed by atoms with Crippen molar-refractivity contribution in [2.45, 2.75) is 18.7 Å². The van der Waals surface area contributed by atoms with Gasteiger partial charge in [-0.3, -0.25) is 0 Å². The van der Waals surface area contributed by atoms with Crippen LogP contribution in [0.4, 0.5) is 4.39 Å². The average Bonchev–Trinajstić information content (AvgIpc) is 2.46. The minimum absolute atomic E-state index is 0.416. The van der Waals surface area contributed by atoms with Crippen molar-refractivity contribution in [1.82, 2.24) is 0 Å². The second kappa shape index (κ2) is 5.93. The van der Waals surface area contributed by atoms with Crippen molar-refractivity contribution in [3.05, 3.63) is 70.9 Å². The fraction of sp³-hybridized carbons (Fsp3) is 0.125. The van der Waals surface area contributed by atoms with E-state index in [-0.39, 0.29) is 0 Å². The summed E-state index contributed by atoms with van der Waals surface area (Å²) < 4.78 is 26.4. The predicted molar refractivity (Wildman–Crippen MR) is 77.7 cm³/mol. The van der Waals surface area contributed by atoms with E-state index in [4.69, 9.17) is 0 Å². The van der Waals surface area contributed by atoms with Gasteiger partial charge in [-0.25, -0.2) is 4.21 Å². The van der Waals surface area contributed by atoms with Crippen molar-refractivity contribution in [2.24, 2.45) is 0 Å². The predicted octanol–water partition coefficient (Wildman–Crippen LogP) is 4.46. The maximum atomic E-state index is 14.2. The summed E-state index contributed by atoms with van der Waals surface area (Å²) >= 11 is 0. The molecule has 2 aromatic rings. The molecule has 0 aliphatic rings. The van der Waals surface area contributed by atoms with Crippen LogP contribution in [-0.4, -0.2) is 4.21 Å². The summed E-state index contributed by atoms with van der Waals surface area (Å²) in [5.74, 6) is 0. The quantitative estimate of drug-likeness (QED) is 0.807. The number of rotatable bonds is 3. The molecule has 0 fully saturated rings. The highest BCUT2D eigenvalue weighted by Gasteiger charge is 2.14. The second-order valence-corrected chi connectivity index (χ2v) is 5.71. The molecule has 0 heterocycles. The van der Waals surface area contributed by atoms with E-state index >= 15 is 0 Å². The Kier molecular flexibility index (Phi) is 4.27. The molecule has 0 saturated carbocycles. The normalized spacial score (nSPS) is 13.8. The van der Waals surface area contributed by atoms with Gasteiger partial charge >= 0.3 is 0 Å². The summed E-state index contributed by atoms with van der Waals surface area (Å²) in [5, 5.41) is -0.588. The van der Waals surface area contributed by atoms with Crippen molar-refractivity contribution in [2.75, 3.05) is 0 Å². The Bertz CT molecular complexity index is 615. The summed E-state index contributed by atoms with van der Waals surface area (Å²) in [6.07, 6.45) is 0. The summed E-state index contributed by atoms with van der Waals surface area (Å²) in [6.45, 7) is 3.59. The lowest BCUT2D eigenvalue weighted by Gasteiger charge is -2.05. The molecule has 3 heteroatoms. The molecule has 1 nitrogen and oxygen atoms in total. The van der Waals surface area contributed by atoms with Crippen LogP contribution in [0.1, 0.15) is 18.1 Å².